The maximum absolute atomic E-state index is 12.0. The molecule has 1 fully saturated rings. The molecule has 0 aromatic carbocycles. The largest absolute Gasteiger partial charge is 0.492 e. The average molecular weight is 341 g/mol. The fourth-order valence-corrected chi connectivity index (χ4v) is 3.06. The van der Waals surface area contributed by atoms with Crippen molar-refractivity contribution >= 4 is 23.4 Å². The second-order valence-corrected chi connectivity index (χ2v) is 7.56. The van der Waals surface area contributed by atoms with Gasteiger partial charge in [0.15, 0.2) is 4.88 Å². The van der Waals surface area contributed by atoms with Crippen LogP contribution in [0.3, 0.4) is 0 Å². The number of carboxylic acids is 1. The van der Waals surface area contributed by atoms with Crippen LogP contribution in [0, 0.1) is 5.92 Å². The lowest BCUT2D eigenvalue weighted by Crippen LogP contribution is -2.42. The Bertz CT molecular complexity index is 555. The van der Waals surface area contributed by atoms with E-state index in [1.54, 1.807) is 16.3 Å². The third-order valence-electron chi connectivity index (χ3n) is 3.56. The molecular weight excluding hydrogens is 318 g/mol. The Kier molecular flexibility index (Phi) is 5.51. The summed E-state index contributed by atoms with van der Waals surface area (Å²) in [5.41, 5.74) is -0.483. The number of hydrogen-bond acceptors (Lipinski definition) is 5. The third kappa shape index (κ3) is 5.13. The first-order valence-corrected chi connectivity index (χ1v) is 8.56. The summed E-state index contributed by atoms with van der Waals surface area (Å²) in [6.07, 6.45) is 1.38. The molecule has 0 bridgehead atoms. The van der Waals surface area contributed by atoms with Crippen LogP contribution in [0.2, 0.25) is 0 Å². The molecule has 0 radical (unpaired) electrons. The lowest BCUT2D eigenvalue weighted by molar-refractivity contribution is 0.0164. The molecule has 1 N–H and O–H groups in total. The molecule has 0 atom stereocenters. The summed E-state index contributed by atoms with van der Waals surface area (Å²) in [6.45, 7) is 7.31. The highest BCUT2D eigenvalue weighted by molar-refractivity contribution is 7.12. The van der Waals surface area contributed by atoms with E-state index >= 15 is 0 Å². The maximum atomic E-state index is 12.0. The van der Waals surface area contributed by atoms with Gasteiger partial charge in [-0.2, -0.15) is 0 Å². The summed E-state index contributed by atoms with van der Waals surface area (Å²) < 4.78 is 11.0. The molecule has 0 aliphatic carbocycles. The predicted molar refractivity (Wildman–Crippen MR) is 87.3 cm³/mol. The average Bonchev–Trinajstić information content (AvgIpc) is 2.92. The summed E-state index contributed by atoms with van der Waals surface area (Å²) >= 11 is 1.16. The second-order valence-electron chi connectivity index (χ2n) is 6.64. The minimum absolute atomic E-state index is 0.233. The van der Waals surface area contributed by atoms with Crippen molar-refractivity contribution < 1.29 is 24.2 Å². The number of piperidine rings is 1. The van der Waals surface area contributed by atoms with Crippen LogP contribution in [0.1, 0.15) is 43.3 Å². The smallest absolute Gasteiger partial charge is 0.410 e. The molecule has 1 aromatic heterocycles. The molecule has 7 heteroatoms. The highest BCUT2D eigenvalue weighted by Gasteiger charge is 2.27. The molecular formula is C16H23NO5S. The minimum atomic E-state index is -0.963. The lowest BCUT2D eigenvalue weighted by Gasteiger charge is -2.33. The van der Waals surface area contributed by atoms with Crippen molar-refractivity contribution in [3.8, 4) is 5.75 Å². The van der Waals surface area contributed by atoms with E-state index in [1.807, 2.05) is 20.8 Å². The van der Waals surface area contributed by atoms with Crippen LogP contribution in [0.5, 0.6) is 5.75 Å². The summed E-state index contributed by atoms with van der Waals surface area (Å²) in [5, 5.41) is 10.8. The summed E-state index contributed by atoms with van der Waals surface area (Å²) in [6, 6.07) is 1.68. The van der Waals surface area contributed by atoms with Gasteiger partial charge >= 0.3 is 12.1 Å². The minimum Gasteiger partial charge on any atom is -0.492 e. The Morgan fingerprint density at radius 2 is 2.00 bits per heavy atom. The molecule has 23 heavy (non-hydrogen) atoms. The van der Waals surface area contributed by atoms with Gasteiger partial charge in [-0.15, -0.1) is 11.3 Å². The number of aromatic carboxylic acids is 1. The van der Waals surface area contributed by atoms with Gasteiger partial charge < -0.3 is 19.5 Å². The molecule has 1 aliphatic rings. The maximum Gasteiger partial charge on any atom is 0.410 e. The number of carboxylic acid groups (broad SMARTS) is 1. The van der Waals surface area contributed by atoms with E-state index in [4.69, 9.17) is 14.6 Å². The number of carbonyl (C=O) groups is 2. The molecule has 0 unspecified atom stereocenters. The predicted octanol–water partition coefficient (Wildman–Crippen LogP) is 3.47. The molecule has 1 aromatic rings. The SMILES string of the molecule is CC(C)(C)OC(=O)N1CCC(COc2ccsc2C(=O)O)CC1. The number of ether oxygens (including phenoxy) is 2. The lowest BCUT2D eigenvalue weighted by atomic mass is 9.98. The molecule has 0 spiro atoms. The first kappa shape index (κ1) is 17.6. The van der Waals surface area contributed by atoms with E-state index < -0.39 is 11.6 Å². The number of carbonyl (C=O) groups excluding carboxylic acids is 1. The molecule has 1 aliphatic heterocycles. The summed E-state index contributed by atoms with van der Waals surface area (Å²) in [7, 11) is 0. The van der Waals surface area contributed by atoms with E-state index in [1.165, 1.54) is 0 Å². The number of nitrogens with zero attached hydrogens (tertiary/aromatic N) is 1. The van der Waals surface area contributed by atoms with Crippen LogP contribution in [-0.2, 0) is 4.74 Å². The summed E-state index contributed by atoms with van der Waals surface area (Å²) in [4.78, 5) is 25.0. The van der Waals surface area contributed by atoms with Crippen molar-refractivity contribution in [2.24, 2.45) is 5.92 Å². The first-order valence-electron chi connectivity index (χ1n) is 7.68. The molecule has 1 amide bonds. The van der Waals surface area contributed by atoms with E-state index in [-0.39, 0.29) is 11.0 Å². The van der Waals surface area contributed by atoms with E-state index in [2.05, 4.69) is 0 Å². The number of likely N-dealkylation sites (tertiary alicyclic amines) is 1. The number of amides is 1. The second kappa shape index (κ2) is 7.21. The highest BCUT2D eigenvalue weighted by atomic mass is 32.1. The van der Waals surface area contributed by atoms with Crippen molar-refractivity contribution in [1.29, 1.82) is 0 Å². The quantitative estimate of drug-likeness (QED) is 0.907. The Hall–Kier alpha value is -1.76. The van der Waals surface area contributed by atoms with Gasteiger partial charge in [0.25, 0.3) is 0 Å². The van der Waals surface area contributed by atoms with Crippen LogP contribution in [-0.4, -0.2) is 47.4 Å². The molecule has 2 rings (SSSR count). The molecule has 6 nitrogen and oxygen atoms in total. The van der Waals surface area contributed by atoms with Gasteiger partial charge in [0.1, 0.15) is 11.4 Å². The van der Waals surface area contributed by atoms with Gasteiger partial charge in [-0.1, -0.05) is 0 Å². The molecule has 0 saturated carbocycles. The fourth-order valence-electron chi connectivity index (χ4n) is 2.38. The van der Waals surface area contributed by atoms with Crippen molar-refractivity contribution in [2.75, 3.05) is 19.7 Å². The van der Waals surface area contributed by atoms with Gasteiger partial charge in [-0.05, 0) is 51.0 Å². The van der Waals surface area contributed by atoms with Gasteiger partial charge in [0, 0.05) is 13.1 Å². The zero-order valence-electron chi connectivity index (χ0n) is 13.7. The Labute approximate surface area is 140 Å². The molecule has 1 saturated heterocycles. The summed E-state index contributed by atoms with van der Waals surface area (Å²) in [5.74, 6) is -0.220. The fraction of sp³-hybridized carbons (Fsp3) is 0.625. The number of hydrogen-bond donors (Lipinski definition) is 1. The number of thiophene rings is 1. The van der Waals surface area contributed by atoms with Gasteiger partial charge in [0.2, 0.25) is 0 Å². The van der Waals surface area contributed by atoms with Crippen molar-refractivity contribution in [3.63, 3.8) is 0 Å². The molecule has 2 heterocycles. The van der Waals surface area contributed by atoms with E-state index in [0.717, 1.165) is 24.2 Å². The third-order valence-corrected chi connectivity index (χ3v) is 4.45. The monoisotopic (exact) mass is 341 g/mol. The van der Waals surface area contributed by atoms with Crippen LogP contribution < -0.4 is 4.74 Å². The number of rotatable bonds is 4. The van der Waals surface area contributed by atoms with Crippen LogP contribution >= 0.6 is 11.3 Å². The van der Waals surface area contributed by atoms with E-state index in [0.29, 0.717) is 31.4 Å². The normalized spacial score (nSPS) is 16.2. The van der Waals surface area contributed by atoms with Gasteiger partial charge in [-0.25, -0.2) is 9.59 Å². The van der Waals surface area contributed by atoms with Gasteiger partial charge in [-0.3, -0.25) is 0 Å². The topological polar surface area (TPSA) is 76.1 Å². The molecule has 128 valence electrons. The van der Waals surface area contributed by atoms with Crippen LogP contribution in [0.15, 0.2) is 11.4 Å². The Morgan fingerprint density at radius 1 is 1.35 bits per heavy atom. The Morgan fingerprint density at radius 3 is 2.57 bits per heavy atom. The standard InChI is InChI=1S/C16H23NO5S/c1-16(2,3)22-15(20)17-7-4-11(5-8-17)10-21-12-6-9-23-13(12)14(18)19/h6,9,11H,4-5,7-8,10H2,1-3H3,(H,18,19). The van der Waals surface area contributed by atoms with E-state index in [9.17, 15) is 9.59 Å². The van der Waals surface area contributed by atoms with Gasteiger partial charge in [0.05, 0.1) is 6.61 Å². The van der Waals surface area contributed by atoms with Crippen LogP contribution in [0.4, 0.5) is 4.79 Å². The first-order chi connectivity index (χ1) is 10.8. The zero-order valence-corrected chi connectivity index (χ0v) is 14.5. The Balaban J connectivity index is 1.78. The zero-order chi connectivity index (χ0) is 17.0. The van der Waals surface area contributed by atoms with Crippen molar-refractivity contribution in [3.05, 3.63) is 16.3 Å². The van der Waals surface area contributed by atoms with Crippen LogP contribution in [0.25, 0.3) is 0 Å². The van der Waals surface area contributed by atoms with Crippen molar-refractivity contribution in [2.45, 2.75) is 39.2 Å². The highest BCUT2D eigenvalue weighted by Crippen LogP contribution is 2.27. The van der Waals surface area contributed by atoms with Crippen molar-refractivity contribution in [1.82, 2.24) is 4.90 Å².